The first-order valence-corrected chi connectivity index (χ1v) is 7.86. The number of nitrogens with two attached hydrogens (primary N) is 2. The van der Waals surface area contributed by atoms with Gasteiger partial charge in [-0.1, -0.05) is 6.42 Å². The van der Waals surface area contributed by atoms with E-state index in [4.69, 9.17) is 16.7 Å². The zero-order valence-corrected chi connectivity index (χ0v) is 13.6. The predicted molar refractivity (Wildman–Crippen MR) is 87.3 cm³/mol. The van der Waals surface area contributed by atoms with Crippen LogP contribution in [0.5, 0.6) is 0 Å². The number of rotatable bonds is 1. The van der Waals surface area contributed by atoms with Gasteiger partial charge in [0.15, 0.2) is 17.5 Å². The molecule has 1 saturated carbocycles. The number of halogens is 3. The van der Waals surface area contributed by atoms with Crippen LogP contribution in [0.4, 0.5) is 18.9 Å². The van der Waals surface area contributed by atoms with Crippen LogP contribution in [0.15, 0.2) is 9.98 Å². The second-order valence-corrected chi connectivity index (χ2v) is 6.08. The molecule has 1 aliphatic heterocycles. The first kappa shape index (κ1) is 17.5. The number of hydrogen-bond donors (Lipinski definition) is 2. The molecule has 1 aromatic carbocycles. The Morgan fingerprint density at radius 2 is 1.50 bits per heavy atom. The smallest absolute Gasteiger partial charge is 0.220 e. The lowest BCUT2D eigenvalue weighted by Gasteiger charge is -2.45. The van der Waals surface area contributed by atoms with Crippen molar-refractivity contribution >= 4 is 17.6 Å². The summed E-state index contributed by atoms with van der Waals surface area (Å²) in [6.45, 7) is 0. The highest BCUT2D eigenvalue weighted by Gasteiger charge is 2.46. The van der Waals surface area contributed by atoms with Crippen molar-refractivity contribution in [2.24, 2.45) is 21.5 Å². The van der Waals surface area contributed by atoms with Crippen molar-refractivity contribution in [3.63, 3.8) is 0 Å². The maximum atomic E-state index is 14.9. The van der Waals surface area contributed by atoms with E-state index >= 15 is 0 Å². The molecule has 0 atom stereocenters. The number of hydrogen-bond acceptors (Lipinski definition) is 7. The van der Waals surface area contributed by atoms with Crippen LogP contribution in [0.1, 0.15) is 43.2 Å². The van der Waals surface area contributed by atoms with Gasteiger partial charge < -0.3 is 11.5 Å². The number of nitriles is 2. The lowest BCUT2D eigenvalue weighted by atomic mass is 9.86. The van der Waals surface area contributed by atoms with Crippen LogP contribution in [-0.2, 0) is 0 Å². The van der Waals surface area contributed by atoms with Gasteiger partial charge in [0.1, 0.15) is 34.6 Å². The molecule has 0 bridgehead atoms. The van der Waals surface area contributed by atoms with Crippen LogP contribution in [0.2, 0.25) is 0 Å². The molecule has 1 heterocycles. The molecule has 1 aromatic rings. The molecule has 1 fully saturated rings. The van der Waals surface area contributed by atoms with Gasteiger partial charge in [-0.25, -0.2) is 18.2 Å². The predicted octanol–water partition coefficient (Wildman–Crippen LogP) is 1.96. The summed E-state index contributed by atoms with van der Waals surface area (Å²) in [4.78, 5) is 9.14. The summed E-state index contributed by atoms with van der Waals surface area (Å²) in [7, 11) is 0. The summed E-state index contributed by atoms with van der Waals surface area (Å²) >= 11 is 0. The van der Waals surface area contributed by atoms with Gasteiger partial charge in [-0.2, -0.15) is 15.5 Å². The SMILES string of the molecule is N#Cc1c(F)c(F)c(C#N)c(N2C(N)=NC(N)=NC23CCCCC3)c1F. The Morgan fingerprint density at radius 3 is 2.08 bits per heavy atom. The van der Waals surface area contributed by atoms with E-state index in [1.807, 2.05) is 0 Å². The molecule has 134 valence electrons. The third-order valence-corrected chi connectivity index (χ3v) is 4.59. The monoisotopic (exact) mass is 361 g/mol. The Morgan fingerprint density at radius 1 is 0.923 bits per heavy atom. The van der Waals surface area contributed by atoms with Gasteiger partial charge in [0.2, 0.25) is 11.9 Å². The zero-order chi connectivity index (χ0) is 19.1. The van der Waals surface area contributed by atoms with Gasteiger partial charge in [0, 0.05) is 0 Å². The Bertz CT molecular complexity index is 917. The summed E-state index contributed by atoms with van der Waals surface area (Å²) in [6.07, 6.45) is 3.11. The Kier molecular flexibility index (Phi) is 4.20. The fourth-order valence-corrected chi connectivity index (χ4v) is 3.50. The Labute approximate surface area is 147 Å². The van der Waals surface area contributed by atoms with E-state index in [1.165, 1.54) is 12.1 Å². The molecule has 7 nitrogen and oxygen atoms in total. The summed E-state index contributed by atoms with van der Waals surface area (Å²) in [5.74, 6) is -5.16. The molecule has 0 amide bonds. The van der Waals surface area contributed by atoms with Gasteiger partial charge >= 0.3 is 0 Å². The molecule has 0 saturated heterocycles. The molecular weight excluding hydrogens is 347 g/mol. The van der Waals surface area contributed by atoms with E-state index < -0.39 is 39.9 Å². The van der Waals surface area contributed by atoms with Crippen LogP contribution in [0.25, 0.3) is 0 Å². The van der Waals surface area contributed by atoms with E-state index in [0.29, 0.717) is 25.7 Å². The first-order valence-electron chi connectivity index (χ1n) is 7.86. The lowest BCUT2D eigenvalue weighted by Crippen LogP contribution is -2.59. The van der Waals surface area contributed by atoms with Crippen LogP contribution in [-0.4, -0.2) is 17.6 Å². The van der Waals surface area contributed by atoms with Crippen LogP contribution in [0, 0.1) is 40.1 Å². The highest BCUT2D eigenvalue weighted by Crippen LogP contribution is 2.43. The topological polar surface area (TPSA) is 128 Å². The molecule has 26 heavy (non-hydrogen) atoms. The molecule has 0 aromatic heterocycles. The van der Waals surface area contributed by atoms with Crippen LogP contribution in [0.3, 0.4) is 0 Å². The van der Waals surface area contributed by atoms with Gasteiger partial charge in [0.05, 0.1) is 0 Å². The summed E-state index contributed by atoms with van der Waals surface area (Å²) < 4.78 is 43.2. The van der Waals surface area contributed by atoms with Crippen molar-refractivity contribution in [2.75, 3.05) is 4.90 Å². The number of benzene rings is 1. The van der Waals surface area contributed by atoms with Gasteiger partial charge in [-0.3, -0.25) is 4.90 Å². The van der Waals surface area contributed by atoms with Gasteiger partial charge in [0.25, 0.3) is 0 Å². The minimum absolute atomic E-state index is 0.123. The highest BCUT2D eigenvalue weighted by atomic mass is 19.2. The molecule has 3 rings (SSSR count). The van der Waals surface area contributed by atoms with Gasteiger partial charge in [-0.15, -0.1) is 0 Å². The molecule has 1 aliphatic carbocycles. The molecule has 1 spiro atoms. The number of aliphatic imine (C=N–C) groups is 2. The fourth-order valence-electron chi connectivity index (χ4n) is 3.50. The molecule has 4 N–H and O–H groups in total. The number of nitrogens with zero attached hydrogens (tertiary/aromatic N) is 5. The van der Waals surface area contributed by atoms with E-state index in [0.717, 1.165) is 11.3 Å². The largest absolute Gasteiger partial charge is 0.369 e. The standard InChI is InChI=1S/C16H14F3N7/c17-10-8(6-20)12(19)13(9(7-21)11(10)18)26-15(23)24-14(22)25-16(26)4-2-1-3-5-16/h1-5H2,(H4,22,23,24,25). The molecule has 2 aliphatic rings. The summed E-state index contributed by atoms with van der Waals surface area (Å²) in [5.41, 5.74) is 7.75. The van der Waals surface area contributed by atoms with E-state index in [2.05, 4.69) is 9.98 Å². The van der Waals surface area contributed by atoms with Crippen molar-refractivity contribution in [1.82, 2.24) is 0 Å². The zero-order valence-electron chi connectivity index (χ0n) is 13.6. The number of anilines is 1. The van der Waals surface area contributed by atoms with Crippen molar-refractivity contribution < 1.29 is 13.2 Å². The first-order chi connectivity index (χ1) is 12.4. The van der Waals surface area contributed by atoms with Crippen molar-refractivity contribution in [3.05, 3.63) is 28.6 Å². The Hall–Kier alpha value is -3.27. The normalized spacial score (nSPS) is 18.7. The second-order valence-electron chi connectivity index (χ2n) is 6.08. The second kappa shape index (κ2) is 6.23. The van der Waals surface area contributed by atoms with Crippen LogP contribution >= 0.6 is 0 Å². The lowest BCUT2D eigenvalue weighted by molar-refractivity contribution is 0.303. The van der Waals surface area contributed by atoms with E-state index in [1.54, 1.807) is 0 Å². The Balaban J connectivity index is 2.34. The molecular formula is C16H14F3N7. The van der Waals surface area contributed by atoms with E-state index in [-0.39, 0.29) is 11.9 Å². The number of guanidine groups is 2. The minimum atomic E-state index is -1.72. The average molecular weight is 361 g/mol. The van der Waals surface area contributed by atoms with Crippen molar-refractivity contribution in [3.8, 4) is 12.1 Å². The van der Waals surface area contributed by atoms with Crippen LogP contribution < -0.4 is 16.4 Å². The third-order valence-electron chi connectivity index (χ3n) is 4.59. The van der Waals surface area contributed by atoms with E-state index in [9.17, 15) is 18.4 Å². The molecule has 10 heteroatoms. The quantitative estimate of drug-likeness (QED) is 0.739. The van der Waals surface area contributed by atoms with Gasteiger partial charge in [-0.05, 0) is 25.7 Å². The highest BCUT2D eigenvalue weighted by molar-refractivity contribution is 6.06. The fraction of sp³-hybridized carbons (Fsp3) is 0.375. The summed E-state index contributed by atoms with van der Waals surface area (Å²) in [6, 6.07) is 2.73. The molecule has 0 radical (unpaired) electrons. The van der Waals surface area contributed by atoms with Crippen molar-refractivity contribution in [2.45, 2.75) is 37.8 Å². The molecule has 0 unspecified atom stereocenters. The van der Waals surface area contributed by atoms with Crippen molar-refractivity contribution in [1.29, 1.82) is 10.5 Å². The maximum Gasteiger partial charge on any atom is 0.220 e. The average Bonchev–Trinajstić information content (AvgIpc) is 2.60. The third kappa shape index (κ3) is 2.42. The minimum Gasteiger partial charge on any atom is -0.369 e. The summed E-state index contributed by atoms with van der Waals surface area (Å²) in [5, 5.41) is 18.3. The maximum absolute atomic E-state index is 14.9.